The van der Waals surface area contributed by atoms with E-state index in [0.717, 1.165) is 15.6 Å². The van der Waals surface area contributed by atoms with Crippen molar-refractivity contribution < 1.29 is 9.53 Å². The third-order valence-electron chi connectivity index (χ3n) is 2.76. The van der Waals surface area contributed by atoms with Crippen molar-refractivity contribution in [3.63, 3.8) is 0 Å². The van der Waals surface area contributed by atoms with E-state index in [1.165, 1.54) is 12.5 Å². The number of carbonyl (C=O) groups is 1. The summed E-state index contributed by atoms with van der Waals surface area (Å²) in [4.78, 5) is 11.1. The maximum absolute atomic E-state index is 11.1. The van der Waals surface area contributed by atoms with Gasteiger partial charge in [-0.25, -0.2) is 0 Å². The molecule has 2 nitrogen and oxygen atoms in total. The molecule has 0 bridgehead atoms. The van der Waals surface area contributed by atoms with Gasteiger partial charge in [-0.05, 0) is 30.7 Å². The predicted molar refractivity (Wildman–Crippen MR) is 85.6 cm³/mol. The normalized spacial score (nSPS) is 10.8. The number of aryl methyl sites for hydroxylation is 1. The molecule has 0 aromatic heterocycles. The van der Waals surface area contributed by atoms with Gasteiger partial charge in [0.25, 0.3) is 0 Å². The fourth-order valence-corrected chi connectivity index (χ4v) is 2.14. The first kappa shape index (κ1) is 14.5. The Bertz CT molecular complexity index is 643. The van der Waals surface area contributed by atoms with E-state index in [-0.39, 0.29) is 5.97 Å². The van der Waals surface area contributed by atoms with Crippen LogP contribution >= 0.6 is 15.9 Å². The van der Waals surface area contributed by atoms with Crippen LogP contribution in [0.25, 0.3) is 12.2 Å². The molecule has 0 aliphatic heterocycles. The van der Waals surface area contributed by atoms with E-state index >= 15 is 0 Å². The molecule has 0 amide bonds. The van der Waals surface area contributed by atoms with Crippen LogP contribution < -0.4 is 4.74 Å². The Balaban J connectivity index is 2.29. The lowest BCUT2D eigenvalue weighted by Crippen LogP contribution is -2.02. The van der Waals surface area contributed by atoms with Crippen molar-refractivity contribution in [2.24, 2.45) is 0 Å². The molecule has 0 radical (unpaired) electrons. The highest BCUT2D eigenvalue weighted by atomic mass is 79.9. The van der Waals surface area contributed by atoms with E-state index in [0.29, 0.717) is 5.75 Å². The highest BCUT2D eigenvalue weighted by Gasteiger charge is 2.04. The summed E-state index contributed by atoms with van der Waals surface area (Å²) in [6.07, 6.45) is 3.93. The van der Waals surface area contributed by atoms with E-state index in [4.69, 9.17) is 4.74 Å². The fourth-order valence-electron chi connectivity index (χ4n) is 1.76. The molecule has 2 aromatic rings. The van der Waals surface area contributed by atoms with Gasteiger partial charge in [-0.3, -0.25) is 4.79 Å². The summed E-state index contributed by atoms with van der Waals surface area (Å²) < 4.78 is 6.14. The molecule has 0 aliphatic rings. The van der Waals surface area contributed by atoms with Gasteiger partial charge in [-0.15, -0.1) is 0 Å². The third kappa shape index (κ3) is 4.07. The molecule has 3 heteroatoms. The molecular weight excluding hydrogens is 316 g/mol. The Morgan fingerprint density at radius 3 is 2.45 bits per heavy atom. The first-order valence-electron chi connectivity index (χ1n) is 6.27. The molecule has 102 valence electrons. The topological polar surface area (TPSA) is 26.3 Å². The summed E-state index contributed by atoms with van der Waals surface area (Å²) in [6.45, 7) is 3.45. The molecular formula is C17H15BrO2. The van der Waals surface area contributed by atoms with E-state index in [1.54, 1.807) is 6.07 Å². The summed E-state index contributed by atoms with van der Waals surface area (Å²) in [6, 6.07) is 13.8. The van der Waals surface area contributed by atoms with Crippen LogP contribution in [0.3, 0.4) is 0 Å². The van der Waals surface area contributed by atoms with E-state index in [2.05, 4.69) is 47.1 Å². The second kappa shape index (κ2) is 6.53. The Labute approximate surface area is 127 Å². The maximum Gasteiger partial charge on any atom is 0.308 e. The smallest absolute Gasteiger partial charge is 0.308 e. The van der Waals surface area contributed by atoms with Gasteiger partial charge in [0, 0.05) is 17.0 Å². The summed E-state index contributed by atoms with van der Waals surface area (Å²) in [5.74, 6) is 0.237. The molecule has 0 heterocycles. The van der Waals surface area contributed by atoms with Gasteiger partial charge in [0.05, 0.1) is 0 Å². The van der Waals surface area contributed by atoms with Gasteiger partial charge in [0.1, 0.15) is 5.75 Å². The van der Waals surface area contributed by atoms with Crippen LogP contribution in [0.1, 0.15) is 23.6 Å². The zero-order chi connectivity index (χ0) is 14.5. The van der Waals surface area contributed by atoms with Crippen LogP contribution in [0.15, 0.2) is 46.9 Å². The molecule has 0 aliphatic carbocycles. The molecule has 0 fully saturated rings. The fraction of sp³-hybridized carbons (Fsp3) is 0.118. The van der Waals surface area contributed by atoms with Crippen LogP contribution in [0, 0.1) is 6.92 Å². The zero-order valence-electron chi connectivity index (χ0n) is 11.4. The molecule has 0 atom stereocenters. The van der Waals surface area contributed by atoms with E-state index in [1.807, 2.05) is 24.3 Å². The lowest BCUT2D eigenvalue weighted by Gasteiger charge is -2.06. The number of ether oxygens (including phenoxy) is 1. The van der Waals surface area contributed by atoms with Crippen molar-refractivity contribution in [2.45, 2.75) is 13.8 Å². The largest absolute Gasteiger partial charge is 0.426 e. The van der Waals surface area contributed by atoms with E-state index < -0.39 is 0 Å². The molecule has 0 saturated carbocycles. The van der Waals surface area contributed by atoms with Crippen molar-refractivity contribution in [2.75, 3.05) is 0 Å². The van der Waals surface area contributed by atoms with Gasteiger partial charge in [0.2, 0.25) is 0 Å². The number of hydrogen-bond acceptors (Lipinski definition) is 2. The molecule has 2 aromatic carbocycles. The van der Waals surface area contributed by atoms with Crippen LogP contribution in [0.5, 0.6) is 5.75 Å². The van der Waals surface area contributed by atoms with Crippen molar-refractivity contribution in [1.29, 1.82) is 0 Å². The third-order valence-corrected chi connectivity index (χ3v) is 3.25. The average molecular weight is 331 g/mol. The second-order valence-electron chi connectivity index (χ2n) is 4.52. The maximum atomic E-state index is 11.1. The second-order valence-corrected chi connectivity index (χ2v) is 5.44. The molecule has 2 rings (SSSR count). The van der Waals surface area contributed by atoms with Crippen molar-refractivity contribution in [3.8, 4) is 5.75 Å². The summed E-state index contributed by atoms with van der Waals surface area (Å²) >= 11 is 3.42. The van der Waals surface area contributed by atoms with Crippen LogP contribution in [0.2, 0.25) is 0 Å². The standard InChI is InChI=1S/C17H15BrO2/c1-12-3-5-14(6-4-12)7-8-15-11-16(18)9-10-17(15)20-13(2)19/h3-11H,1-2H3. The minimum atomic E-state index is -0.322. The quantitative estimate of drug-likeness (QED) is 0.456. The number of benzene rings is 2. The highest BCUT2D eigenvalue weighted by Crippen LogP contribution is 2.25. The first-order valence-corrected chi connectivity index (χ1v) is 7.06. The number of rotatable bonds is 3. The number of esters is 1. The molecule has 0 unspecified atom stereocenters. The number of hydrogen-bond donors (Lipinski definition) is 0. The molecule has 0 saturated heterocycles. The summed E-state index contributed by atoms with van der Waals surface area (Å²) in [5, 5.41) is 0. The van der Waals surface area contributed by atoms with Gasteiger partial charge in [0.15, 0.2) is 0 Å². The Morgan fingerprint density at radius 2 is 1.80 bits per heavy atom. The average Bonchev–Trinajstić information content (AvgIpc) is 2.40. The Morgan fingerprint density at radius 1 is 1.10 bits per heavy atom. The monoisotopic (exact) mass is 330 g/mol. The minimum absolute atomic E-state index is 0.322. The van der Waals surface area contributed by atoms with Crippen molar-refractivity contribution >= 4 is 34.1 Å². The Hall–Kier alpha value is -1.87. The SMILES string of the molecule is CC(=O)Oc1ccc(Br)cc1C=Cc1ccc(C)cc1. The summed E-state index contributed by atoms with van der Waals surface area (Å²) in [5.41, 5.74) is 3.18. The lowest BCUT2D eigenvalue weighted by molar-refractivity contribution is -0.131. The van der Waals surface area contributed by atoms with E-state index in [9.17, 15) is 4.79 Å². The molecule has 20 heavy (non-hydrogen) atoms. The Kier molecular flexibility index (Phi) is 4.74. The van der Waals surface area contributed by atoms with Crippen LogP contribution in [0.4, 0.5) is 0 Å². The highest BCUT2D eigenvalue weighted by molar-refractivity contribution is 9.10. The minimum Gasteiger partial charge on any atom is -0.426 e. The van der Waals surface area contributed by atoms with Crippen molar-refractivity contribution in [1.82, 2.24) is 0 Å². The van der Waals surface area contributed by atoms with Crippen molar-refractivity contribution in [3.05, 3.63) is 63.6 Å². The van der Waals surface area contributed by atoms with Crippen LogP contribution in [-0.2, 0) is 4.79 Å². The van der Waals surface area contributed by atoms with Crippen LogP contribution in [-0.4, -0.2) is 5.97 Å². The molecule has 0 N–H and O–H groups in total. The van der Waals surface area contributed by atoms with Gasteiger partial charge < -0.3 is 4.74 Å². The number of carbonyl (C=O) groups excluding carboxylic acids is 1. The zero-order valence-corrected chi connectivity index (χ0v) is 13.0. The number of halogens is 1. The lowest BCUT2D eigenvalue weighted by atomic mass is 10.1. The van der Waals surface area contributed by atoms with Gasteiger partial charge in [-0.2, -0.15) is 0 Å². The van der Waals surface area contributed by atoms with Gasteiger partial charge >= 0.3 is 5.97 Å². The first-order chi connectivity index (χ1) is 9.54. The van der Waals surface area contributed by atoms with Gasteiger partial charge in [-0.1, -0.05) is 57.9 Å². The predicted octanol–water partition coefficient (Wildman–Crippen LogP) is 4.85. The summed E-state index contributed by atoms with van der Waals surface area (Å²) in [7, 11) is 0. The molecule has 0 spiro atoms.